The largest absolute Gasteiger partial charge is 0.467 e. The molecule has 1 aliphatic heterocycles. The maximum absolute atomic E-state index is 12.7. The van der Waals surface area contributed by atoms with E-state index in [1.807, 2.05) is 4.90 Å². The number of carbonyl (C=O) groups is 1. The topological polar surface area (TPSA) is 91.1 Å². The van der Waals surface area contributed by atoms with E-state index in [4.69, 9.17) is 4.42 Å². The van der Waals surface area contributed by atoms with Crippen molar-refractivity contribution in [2.24, 2.45) is 4.99 Å². The molecule has 1 aromatic heterocycles. The van der Waals surface area contributed by atoms with Gasteiger partial charge in [0.1, 0.15) is 11.5 Å². The lowest BCUT2D eigenvalue weighted by atomic mass is 10.2. The summed E-state index contributed by atoms with van der Waals surface area (Å²) in [6.07, 6.45) is 2.34. The Morgan fingerprint density at radius 2 is 2.10 bits per heavy atom. The lowest BCUT2D eigenvalue weighted by Gasteiger charge is -2.22. The van der Waals surface area contributed by atoms with E-state index in [1.54, 1.807) is 43.6 Å². The van der Waals surface area contributed by atoms with Crippen molar-refractivity contribution in [3.05, 3.63) is 48.4 Å². The van der Waals surface area contributed by atoms with Crippen molar-refractivity contribution < 1.29 is 22.7 Å². The van der Waals surface area contributed by atoms with E-state index >= 15 is 0 Å². The van der Waals surface area contributed by atoms with Gasteiger partial charge in [-0.05, 0) is 30.7 Å². The number of hydrogen-bond acceptors (Lipinski definition) is 5. The number of guanidine groups is 1. The van der Waals surface area contributed by atoms with E-state index in [1.165, 1.54) is 6.07 Å². The summed E-state index contributed by atoms with van der Waals surface area (Å²) in [6.45, 7) is -1.22. The predicted octanol–water partition coefficient (Wildman–Crippen LogP) is 2.56. The third-order valence-corrected chi connectivity index (χ3v) is 4.63. The first-order valence-corrected chi connectivity index (χ1v) is 9.60. The van der Waals surface area contributed by atoms with Gasteiger partial charge < -0.3 is 30.0 Å². The molecule has 31 heavy (non-hydrogen) atoms. The van der Waals surface area contributed by atoms with Crippen LogP contribution in [-0.4, -0.2) is 51.2 Å². The molecule has 1 amide bonds. The first-order valence-electron chi connectivity index (χ1n) is 9.60. The van der Waals surface area contributed by atoms with Gasteiger partial charge in [0.25, 0.3) is 0 Å². The molecule has 170 valence electrons. The van der Waals surface area contributed by atoms with E-state index in [0.29, 0.717) is 37.0 Å². The van der Waals surface area contributed by atoms with Gasteiger partial charge in [-0.2, -0.15) is 8.78 Å². The number of benzene rings is 1. The second-order valence-corrected chi connectivity index (χ2v) is 6.70. The number of halogens is 3. The minimum atomic E-state index is -2.87. The number of ether oxygens (including phenoxy) is 1. The lowest BCUT2D eigenvalue weighted by molar-refractivity contribution is -0.120. The number of nitrogens with one attached hydrogen (secondary N) is 3. The van der Waals surface area contributed by atoms with Crippen LogP contribution in [0, 0.1) is 0 Å². The summed E-state index contributed by atoms with van der Waals surface area (Å²) < 4.78 is 35.1. The lowest BCUT2D eigenvalue weighted by Crippen LogP contribution is -2.47. The summed E-state index contributed by atoms with van der Waals surface area (Å²) >= 11 is 0. The third kappa shape index (κ3) is 7.56. The summed E-state index contributed by atoms with van der Waals surface area (Å²) in [6, 6.07) is 10.3. The fraction of sp³-hybridized carbons (Fsp3) is 0.400. The van der Waals surface area contributed by atoms with Gasteiger partial charge in [-0.15, -0.1) is 24.0 Å². The smallest absolute Gasteiger partial charge is 0.387 e. The summed E-state index contributed by atoms with van der Waals surface area (Å²) in [5.41, 5.74) is 0.627. The Hall–Kier alpha value is -2.57. The number of alkyl halides is 2. The highest BCUT2D eigenvalue weighted by Gasteiger charge is 2.26. The number of amides is 1. The summed E-state index contributed by atoms with van der Waals surface area (Å²) in [4.78, 5) is 18.1. The van der Waals surface area contributed by atoms with E-state index in [0.717, 1.165) is 6.42 Å². The fourth-order valence-corrected chi connectivity index (χ4v) is 3.22. The number of anilines is 1. The first-order chi connectivity index (χ1) is 14.5. The molecule has 1 unspecified atom stereocenters. The van der Waals surface area contributed by atoms with Crippen LogP contribution in [0.3, 0.4) is 0 Å². The molecule has 0 spiro atoms. The zero-order valence-electron chi connectivity index (χ0n) is 17.0. The molecule has 1 aliphatic rings. The molecule has 0 radical (unpaired) electrons. The first kappa shape index (κ1) is 24.7. The number of furan rings is 1. The number of carbonyl (C=O) groups excluding carboxylic acids is 1. The highest BCUT2D eigenvalue weighted by molar-refractivity contribution is 14.0. The Bertz CT molecular complexity index is 851. The molecule has 0 aliphatic carbocycles. The molecule has 3 N–H and O–H groups in total. The molecular weight excluding hydrogens is 523 g/mol. The second kappa shape index (κ2) is 12.3. The number of nitrogens with zero attached hydrogens (tertiary/aromatic N) is 2. The van der Waals surface area contributed by atoms with Crippen LogP contribution in [0.2, 0.25) is 0 Å². The van der Waals surface area contributed by atoms with Crippen molar-refractivity contribution >= 4 is 41.5 Å². The molecule has 11 heteroatoms. The Balaban J connectivity index is 0.00000341. The predicted molar refractivity (Wildman–Crippen MR) is 124 cm³/mol. The Kier molecular flexibility index (Phi) is 9.82. The van der Waals surface area contributed by atoms with Crippen LogP contribution in [0.1, 0.15) is 12.2 Å². The standard InChI is InChI=1S/C20H25F2N5O3.HI/c1-23-20(25-12-18(28)24-11-15-5-4-10-29-15)26-14-8-9-27(13-14)16-6-2-3-7-17(16)30-19(21)22;/h2-7,10,14,19H,8-9,11-13H2,1H3,(H,24,28)(H2,23,25,26);1H. The number of para-hydroxylation sites is 2. The maximum atomic E-state index is 12.7. The van der Waals surface area contributed by atoms with Crippen LogP contribution in [0.5, 0.6) is 5.75 Å². The van der Waals surface area contributed by atoms with Gasteiger partial charge in [0.2, 0.25) is 5.91 Å². The van der Waals surface area contributed by atoms with Gasteiger partial charge in [0.15, 0.2) is 5.96 Å². The molecule has 0 bridgehead atoms. The van der Waals surface area contributed by atoms with Crippen molar-refractivity contribution in [1.82, 2.24) is 16.0 Å². The number of hydrogen-bond donors (Lipinski definition) is 3. The Morgan fingerprint density at radius 3 is 2.81 bits per heavy atom. The van der Waals surface area contributed by atoms with Gasteiger partial charge in [0, 0.05) is 26.2 Å². The van der Waals surface area contributed by atoms with Gasteiger partial charge in [-0.3, -0.25) is 9.79 Å². The monoisotopic (exact) mass is 549 g/mol. The van der Waals surface area contributed by atoms with Crippen LogP contribution in [0.25, 0.3) is 0 Å². The minimum Gasteiger partial charge on any atom is -0.467 e. The normalized spacial score (nSPS) is 16.1. The van der Waals surface area contributed by atoms with Crippen molar-refractivity contribution in [3.8, 4) is 5.75 Å². The fourth-order valence-electron chi connectivity index (χ4n) is 3.22. The van der Waals surface area contributed by atoms with E-state index < -0.39 is 6.61 Å². The molecular formula is C20H26F2IN5O3. The van der Waals surface area contributed by atoms with Gasteiger partial charge >= 0.3 is 6.61 Å². The van der Waals surface area contributed by atoms with E-state index in [2.05, 4.69) is 25.7 Å². The number of rotatable bonds is 8. The molecule has 3 rings (SSSR count). The van der Waals surface area contributed by atoms with Gasteiger partial charge in [-0.1, -0.05) is 12.1 Å². The van der Waals surface area contributed by atoms with E-state index in [9.17, 15) is 13.6 Å². The Morgan fingerprint density at radius 1 is 1.29 bits per heavy atom. The van der Waals surface area contributed by atoms with Crippen molar-refractivity contribution in [2.45, 2.75) is 25.6 Å². The van der Waals surface area contributed by atoms with Crippen LogP contribution in [-0.2, 0) is 11.3 Å². The Labute approximate surface area is 196 Å². The molecule has 2 aromatic rings. The van der Waals surface area contributed by atoms with Crippen molar-refractivity contribution in [3.63, 3.8) is 0 Å². The quantitative estimate of drug-likeness (QED) is 0.267. The highest BCUT2D eigenvalue weighted by Crippen LogP contribution is 2.31. The van der Waals surface area contributed by atoms with Gasteiger partial charge in [-0.25, -0.2) is 0 Å². The average molecular weight is 549 g/mol. The van der Waals surface area contributed by atoms with Crippen molar-refractivity contribution in [1.29, 1.82) is 0 Å². The van der Waals surface area contributed by atoms with Crippen LogP contribution < -0.4 is 25.6 Å². The molecule has 2 heterocycles. The summed E-state index contributed by atoms with van der Waals surface area (Å²) in [5, 5.41) is 8.98. The molecule has 8 nitrogen and oxygen atoms in total. The van der Waals surface area contributed by atoms with E-state index in [-0.39, 0.29) is 48.2 Å². The number of aliphatic imine (C=N–C) groups is 1. The molecule has 1 aromatic carbocycles. The maximum Gasteiger partial charge on any atom is 0.387 e. The summed E-state index contributed by atoms with van der Waals surface area (Å²) in [7, 11) is 1.62. The van der Waals surface area contributed by atoms with Crippen LogP contribution in [0.15, 0.2) is 52.1 Å². The van der Waals surface area contributed by atoms with Crippen molar-refractivity contribution in [2.75, 3.05) is 31.6 Å². The SMILES string of the molecule is CN=C(NCC(=O)NCc1ccco1)NC1CCN(c2ccccc2OC(F)F)C1.I. The van der Waals surface area contributed by atoms with Gasteiger partial charge in [0.05, 0.1) is 25.0 Å². The summed E-state index contributed by atoms with van der Waals surface area (Å²) in [5.74, 6) is 1.13. The zero-order valence-corrected chi connectivity index (χ0v) is 19.3. The van der Waals surface area contributed by atoms with Crippen LogP contribution in [0.4, 0.5) is 14.5 Å². The highest BCUT2D eigenvalue weighted by atomic mass is 127. The minimum absolute atomic E-state index is 0. The van der Waals surface area contributed by atoms with Crippen LogP contribution >= 0.6 is 24.0 Å². The zero-order chi connectivity index (χ0) is 21.3. The average Bonchev–Trinajstić information content (AvgIpc) is 3.41. The third-order valence-electron chi connectivity index (χ3n) is 4.63. The molecule has 0 saturated carbocycles. The second-order valence-electron chi connectivity index (χ2n) is 6.70. The molecule has 1 saturated heterocycles. The molecule has 1 fully saturated rings. The molecule has 1 atom stereocenters.